The molecular formula is C18H22F2N2O4S. The van der Waals surface area contributed by atoms with Crippen molar-refractivity contribution >= 4 is 15.9 Å². The molecule has 1 atom stereocenters. The first-order valence-electron chi connectivity index (χ1n) is 9.13. The van der Waals surface area contributed by atoms with Gasteiger partial charge in [-0.05, 0) is 49.3 Å². The summed E-state index contributed by atoms with van der Waals surface area (Å²) < 4.78 is 58.5. The molecule has 1 unspecified atom stereocenters. The molecule has 148 valence electrons. The summed E-state index contributed by atoms with van der Waals surface area (Å²) in [6.07, 6.45) is 3.36. The minimum Gasteiger partial charge on any atom is -0.372 e. The van der Waals surface area contributed by atoms with Crippen LogP contribution in [0, 0.1) is 23.5 Å². The zero-order valence-electron chi connectivity index (χ0n) is 14.8. The Bertz CT molecular complexity index is 851. The van der Waals surface area contributed by atoms with Crippen LogP contribution in [0.4, 0.5) is 8.78 Å². The van der Waals surface area contributed by atoms with E-state index in [0.29, 0.717) is 31.4 Å². The topological polar surface area (TPSA) is 75.7 Å². The molecule has 0 aromatic heterocycles. The lowest BCUT2D eigenvalue weighted by Gasteiger charge is -2.46. The number of amides is 1. The lowest BCUT2D eigenvalue weighted by Crippen LogP contribution is -2.63. The van der Waals surface area contributed by atoms with Crippen LogP contribution in [0.1, 0.15) is 25.7 Å². The van der Waals surface area contributed by atoms with E-state index in [-0.39, 0.29) is 29.8 Å². The van der Waals surface area contributed by atoms with Crippen molar-refractivity contribution in [3.8, 4) is 0 Å². The highest BCUT2D eigenvalue weighted by Crippen LogP contribution is 2.41. The number of hydrogen-bond acceptors (Lipinski definition) is 4. The minimum atomic E-state index is -3.89. The van der Waals surface area contributed by atoms with Gasteiger partial charge >= 0.3 is 0 Å². The molecule has 3 fully saturated rings. The second-order valence-corrected chi connectivity index (χ2v) is 9.80. The van der Waals surface area contributed by atoms with Gasteiger partial charge in [0.1, 0.15) is 0 Å². The molecule has 4 rings (SSSR count). The molecule has 1 aromatic carbocycles. The number of hydrogen-bond donors (Lipinski definition) is 1. The molecule has 1 saturated carbocycles. The second kappa shape index (κ2) is 6.79. The third-order valence-electron chi connectivity index (χ3n) is 5.50. The number of benzene rings is 1. The van der Waals surface area contributed by atoms with E-state index >= 15 is 0 Å². The fourth-order valence-corrected chi connectivity index (χ4v) is 5.36. The van der Waals surface area contributed by atoms with E-state index in [9.17, 15) is 22.0 Å². The van der Waals surface area contributed by atoms with E-state index in [2.05, 4.69) is 5.32 Å². The van der Waals surface area contributed by atoms with E-state index in [0.717, 1.165) is 18.7 Å². The first-order valence-corrected chi connectivity index (χ1v) is 10.6. The van der Waals surface area contributed by atoms with Crippen LogP contribution in [0.25, 0.3) is 0 Å². The van der Waals surface area contributed by atoms with Crippen LogP contribution < -0.4 is 5.32 Å². The summed E-state index contributed by atoms with van der Waals surface area (Å²) in [5.41, 5.74) is -0.576. The van der Waals surface area contributed by atoms with Crippen molar-refractivity contribution in [2.75, 3.05) is 26.2 Å². The van der Waals surface area contributed by atoms with Crippen molar-refractivity contribution in [1.29, 1.82) is 0 Å². The van der Waals surface area contributed by atoms with Gasteiger partial charge in [0.2, 0.25) is 15.9 Å². The van der Waals surface area contributed by atoms with Crippen LogP contribution in [0.15, 0.2) is 23.1 Å². The van der Waals surface area contributed by atoms with E-state index in [1.54, 1.807) is 0 Å². The molecule has 1 aromatic rings. The predicted molar refractivity (Wildman–Crippen MR) is 92.3 cm³/mol. The van der Waals surface area contributed by atoms with E-state index < -0.39 is 27.3 Å². The maximum absolute atomic E-state index is 13.4. The molecule has 2 aliphatic heterocycles. The van der Waals surface area contributed by atoms with Crippen LogP contribution in [0.3, 0.4) is 0 Å². The van der Waals surface area contributed by atoms with Crippen molar-refractivity contribution in [3.63, 3.8) is 0 Å². The maximum atomic E-state index is 13.4. The summed E-state index contributed by atoms with van der Waals surface area (Å²) in [7, 11) is -3.89. The number of sulfonamides is 1. The molecule has 2 saturated heterocycles. The number of halogens is 2. The molecule has 1 amide bonds. The molecule has 6 nitrogen and oxygen atoms in total. The van der Waals surface area contributed by atoms with Gasteiger partial charge < -0.3 is 10.1 Å². The van der Waals surface area contributed by atoms with Crippen molar-refractivity contribution in [1.82, 2.24) is 9.62 Å². The predicted octanol–water partition coefficient (Wildman–Crippen LogP) is 1.66. The summed E-state index contributed by atoms with van der Waals surface area (Å²) >= 11 is 0. The summed E-state index contributed by atoms with van der Waals surface area (Å²) in [4.78, 5) is 11.7. The average molecular weight is 400 g/mol. The highest BCUT2D eigenvalue weighted by molar-refractivity contribution is 7.89. The van der Waals surface area contributed by atoms with Gasteiger partial charge in [-0.1, -0.05) is 0 Å². The number of carbonyl (C=O) groups excluding carboxylic acids is 1. The van der Waals surface area contributed by atoms with Crippen molar-refractivity contribution in [2.45, 2.75) is 36.2 Å². The first kappa shape index (κ1) is 18.8. The number of nitrogens with zero attached hydrogens (tertiary/aromatic N) is 1. The Kier molecular flexibility index (Phi) is 4.72. The number of rotatable bonds is 6. The normalized spacial score (nSPS) is 24.7. The van der Waals surface area contributed by atoms with Crippen LogP contribution >= 0.6 is 0 Å². The summed E-state index contributed by atoms with van der Waals surface area (Å²) in [6.45, 7) is 1.48. The minimum absolute atomic E-state index is 0.0122. The average Bonchev–Trinajstić information content (AvgIpc) is 3.32. The van der Waals surface area contributed by atoms with Gasteiger partial charge in [-0.2, -0.15) is 4.31 Å². The molecule has 1 N–H and O–H groups in total. The Morgan fingerprint density at radius 1 is 1.22 bits per heavy atom. The van der Waals surface area contributed by atoms with Gasteiger partial charge in [0.15, 0.2) is 11.6 Å². The lowest BCUT2D eigenvalue weighted by molar-refractivity contribution is -0.122. The van der Waals surface area contributed by atoms with Gasteiger partial charge in [0.05, 0.1) is 17.1 Å². The summed E-state index contributed by atoms with van der Waals surface area (Å²) in [6, 6.07) is 2.56. The monoisotopic (exact) mass is 400 g/mol. The van der Waals surface area contributed by atoms with Crippen molar-refractivity contribution < 1.29 is 26.7 Å². The number of ether oxygens (including phenoxy) is 1. The molecule has 2 heterocycles. The second-order valence-electron chi connectivity index (χ2n) is 7.86. The third kappa shape index (κ3) is 3.86. The molecule has 3 aliphatic rings. The van der Waals surface area contributed by atoms with E-state index in [4.69, 9.17) is 4.74 Å². The Morgan fingerprint density at radius 3 is 2.63 bits per heavy atom. The highest BCUT2D eigenvalue weighted by atomic mass is 32.2. The van der Waals surface area contributed by atoms with Crippen LogP contribution in [0.2, 0.25) is 0 Å². The van der Waals surface area contributed by atoms with E-state index in [1.807, 2.05) is 0 Å². The zero-order chi connectivity index (χ0) is 19.2. The van der Waals surface area contributed by atoms with Crippen molar-refractivity contribution in [2.24, 2.45) is 11.8 Å². The van der Waals surface area contributed by atoms with Gasteiger partial charge in [-0.3, -0.25) is 4.79 Å². The van der Waals surface area contributed by atoms with Crippen LogP contribution in [0.5, 0.6) is 0 Å². The van der Waals surface area contributed by atoms with Gasteiger partial charge in [-0.15, -0.1) is 0 Å². The van der Waals surface area contributed by atoms with Gasteiger partial charge in [-0.25, -0.2) is 17.2 Å². The molecule has 1 spiro atoms. The van der Waals surface area contributed by atoms with Gasteiger partial charge in [0.25, 0.3) is 0 Å². The Morgan fingerprint density at radius 2 is 1.96 bits per heavy atom. The Hall–Kier alpha value is -1.58. The first-order chi connectivity index (χ1) is 12.8. The fraction of sp³-hybridized carbons (Fsp3) is 0.611. The zero-order valence-corrected chi connectivity index (χ0v) is 15.6. The molecule has 27 heavy (non-hydrogen) atoms. The largest absolute Gasteiger partial charge is 0.372 e. The Labute approximate surface area is 156 Å². The van der Waals surface area contributed by atoms with Crippen LogP contribution in [-0.4, -0.2) is 50.5 Å². The molecule has 0 radical (unpaired) electrons. The third-order valence-corrected chi connectivity index (χ3v) is 7.29. The summed E-state index contributed by atoms with van der Waals surface area (Å²) in [5.74, 6) is -1.58. The molecule has 9 heteroatoms. The molecule has 0 bridgehead atoms. The van der Waals surface area contributed by atoms with Crippen molar-refractivity contribution in [3.05, 3.63) is 29.8 Å². The quantitative estimate of drug-likeness (QED) is 0.788. The maximum Gasteiger partial charge on any atom is 0.243 e. The van der Waals surface area contributed by atoms with Gasteiger partial charge in [0, 0.05) is 26.1 Å². The SMILES string of the molecule is O=C(CC1COC2(C1)CN(S(=O)(=O)c1ccc(F)c(F)c1)C2)NCC1CC1. The van der Waals surface area contributed by atoms with Crippen LogP contribution in [-0.2, 0) is 19.6 Å². The molecular weight excluding hydrogens is 378 g/mol. The smallest absolute Gasteiger partial charge is 0.243 e. The molecule has 1 aliphatic carbocycles. The highest BCUT2D eigenvalue weighted by Gasteiger charge is 2.53. The Balaban J connectivity index is 1.31. The lowest BCUT2D eigenvalue weighted by atomic mass is 9.87. The standard InChI is InChI=1S/C18H22F2N2O4S/c19-15-4-3-14(6-16(15)20)27(24,25)22-10-18(11-22)7-13(9-26-18)5-17(23)21-8-12-1-2-12/h3-4,6,12-13H,1-2,5,7-11H2,(H,21,23). The number of carbonyl (C=O) groups is 1. The summed E-state index contributed by atoms with van der Waals surface area (Å²) in [5, 5.41) is 2.93. The fourth-order valence-electron chi connectivity index (χ4n) is 3.76. The van der Waals surface area contributed by atoms with E-state index in [1.165, 1.54) is 17.1 Å². The number of nitrogens with one attached hydrogen (secondary N) is 1.